The fraction of sp³-hybridized carbons (Fsp3) is 1.00. The zero-order valence-electron chi connectivity index (χ0n) is 11.7. The minimum atomic E-state index is 0.751. The van der Waals surface area contributed by atoms with Crippen LogP contribution in [0.3, 0.4) is 0 Å². The number of unbranched alkanes of at least 4 members (excludes halogenated alkanes) is 1. The molecular weight excluding hydrogens is 223 g/mol. The van der Waals surface area contributed by atoms with E-state index >= 15 is 0 Å². The Morgan fingerprint density at radius 1 is 1.24 bits per heavy atom. The van der Waals surface area contributed by atoms with E-state index in [1.165, 1.54) is 31.8 Å². The van der Waals surface area contributed by atoms with Crippen LogP contribution in [0, 0.1) is 28.6 Å². The van der Waals surface area contributed by atoms with Crippen molar-refractivity contribution in [3.8, 4) is 0 Å². The van der Waals surface area contributed by atoms with Gasteiger partial charge in [-0.1, -0.05) is 33.1 Å². The lowest BCUT2D eigenvalue weighted by Gasteiger charge is -2.66. The molecule has 0 aromatic carbocycles. The van der Waals surface area contributed by atoms with E-state index in [1.54, 1.807) is 25.7 Å². The molecule has 1 heteroatoms. The molecule has 0 amide bonds. The zero-order chi connectivity index (χ0) is 12.1. The van der Waals surface area contributed by atoms with Crippen LogP contribution in [0.5, 0.6) is 0 Å². The van der Waals surface area contributed by atoms with Gasteiger partial charge in [-0.2, -0.15) is 0 Å². The van der Waals surface area contributed by atoms with Crippen molar-refractivity contribution in [2.45, 2.75) is 65.2 Å². The van der Waals surface area contributed by atoms with Crippen LogP contribution in [-0.4, -0.2) is 6.16 Å². The molecule has 17 heavy (non-hydrogen) atoms. The molecule has 0 nitrogen and oxygen atoms in total. The van der Waals surface area contributed by atoms with E-state index < -0.39 is 0 Å². The highest BCUT2D eigenvalue weighted by Gasteiger charge is 2.72. The second-order valence-corrected chi connectivity index (χ2v) is 7.71. The van der Waals surface area contributed by atoms with Crippen molar-refractivity contribution >= 4 is 9.24 Å². The molecule has 0 radical (unpaired) electrons. The fourth-order valence-corrected chi connectivity index (χ4v) is 6.81. The molecule has 0 spiro atoms. The smallest absolute Gasteiger partial charge is 0.0207 e. The van der Waals surface area contributed by atoms with Crippen LogP contribution < -0.4 is 0 Å². The lowest BCUT2D eigenvalue weighted by Crippen LogP contribution is -2.60. The van der Waals surface area contributed by atoms with Crippen molar-refractivity contribution in [2.24, 2.45) is 28.6 Å². The van der Waals surface area contributed by atoms with E-state index in [9.17, 15) is 0 Å². The Kier molecular flexibility index (Phi) is 3.10. The highest BCUT2D eigenvalue weighted by molar-refractivity contribution is 7.16. The van der Waals surface area contributed by atoms with Gasteiger partial charge in [0, 0.05) is 0 Å². The normalized spacial score (nSPS) is 52.1. The van der Waals surface area contributed by atoms with Crippen molar-refractivity contribution in [3.05, 3.63) is 0 Å². The molecule has 3 rings (SSSR count). The minimum Gasteiger partial charge on any atom is -0.137 e. The summed E-state index contributed by atoms with van der Waals surface area (Å²) in [4.78, 5) is 0. The van der Waals surface area contributed by atoms with E-state index in [-0.39, 0.29) is 0 Å². The van der Waals surface area contributed by atoms with Gasteiger partial charge in [-0.3, -0.25) is 0 Å². The standard InChI is InChI=1S/C16H29P/c1-3-4-9-16-10-5-8-15(16,2)13-7-6-12(11-17)14(13)16/h12-14H,3-11,17H2,1-2H3. The Morgan fingerprint density at radius 2 is 2.06 bits per heavy atom. The Balaban J connectivity index is 1.87. The van der Waals surface area contributed by atoms with Crippen LogP contribution in [0.1, 0.15) is 65.2 Å². The molecule has 0 aliphatic heterocycles. The summed E-state index contributed by atoms with van der Waals surface area (Å²) in [5.41, 5.74) is 1.53. The van der Waals surface area contributed by atoms with Crippen molar-refractivity contribution in [2.75, 3.05) is 6.16 Å². The van der Waals surface area contributed by atoms with E-state index in [2.05, 4.69) is 23.1 Å². The number of rotatable bonds is 4. The van der Waals surface area contributed by atoms with E-state index in [4.69, 9.17) is 0 Å². The molecular formula is C16H29P. The van der Waals surface area contributed by atoms with Gasteiger partial charge in [0.1, 0.15) is 0 Å². The third-order valence-corrected chi connectivity index (χ3v) is 7.59. The second-order valence-electron chi connectivity index (χ2n) is 7.24. The molecule has 0 saturated heterocycles. The second kappa shape index (κ2) is 4.22. The van der Waals surface area contributed by atoms with Crippen LogP contribution in [0.2, 0.25) is 0 Å². The Hall–Kier alpha value is 0.430. The average Bonchev–Trinajstić information content (AvgIpc) is 2.85. The Labute approximate surface area is 110 Å². The predicted octanol–water partition coefficient (Wildman–Crippen LogP) is 4.88. The highest BCUT2D eigenvalue weighted by Crippen LogP contribution is 2.79. The SMILES string of the molecule is CCCCC12CCCC1(C)C1CCC(CP)C12. The van der Waals surface area contributed by atoms with Gasteiger partial charge in [0.25, 0.3) is 0 Å². The Morgan fingerprint density at radius 3 is 2.76 bits per heavy atom. The molecule has 3 saturated carbocycles. The maximum Gasteiger partial charge on any atom is -0.0207 e. The molecule has 0 aromatic rings. The van der Waals surface area contributed by atoms with E-state index in [0.29, 0.717) is 0 Å². The van der Waals surface area contributed by atoms with Gasteiger partial charge in [0.2, 0.25) is 0 Å². The summed E-state index contributed by atoms with van der Waals surface area (Å²) in [6, 6.07) is 0. The molecule has 98 valence electrons. The average molecular weight is 252 g/mol. The monoisotopic (exact) mass is 252 g/mol. The third kappa shape index (κ3) is 1.40. The Bertz CT molecular complexity index is 300. The molecule has 6 atom stereocenters. The predicted molar refractivity (Wildman–Crippen MR) is 78.2 cm³/mol. The number of fused-ring (bicyclic) bond motifs is 4. The zero-order valence-corrected chi connectivity index (χ0v) is 12.8. The van der Waals surface area contributed by atoms with Gasteiger partial charge in [0.15, 0.2) is 0 Å². The molecule has 0 heterocycles. The van der Waals surface area contributed by atoms with Gasteiger partial charge in [0.05, 0.1) is 0 Å². The van der Waals surface area contributed by atoms with Crippen LogP contribution in [0.15, 0.2) is 0 Å². The first-order chi connectivity index (χ1) is 8.19. The molecule has 3 aliphatic rings. The maximum absolute atomic E-state index is 3.04. The third-order valence-electron chi connectivity index (χ3n) is 6.98. The van der Waals surface area contributed by atoms with Gasteiger partial charge >= 0.3 is 0 Å². The number of hydrogen-bond donors (Lipinski definition) is 0. The van der Waals surface area contributed by atoms with Crippen LogP contribution in [-0.2, 0) is 0 Å². The summed E-state index contributed by atoms with van der Waals surface area (Å²) < 4.78 is 0. The summed E-state index contributed by atoms with van der Waals surface area (Å²) in [6.45, 7) is 5.02. The minimum absolute atomic E-state index is 0.751. The number of hydrogen-bond acceptors (Lipinski definition) is 0. The first-order valence-electron chi connectivity index (χ1n) is 7.89. The van der Waals surface area contributed by atoms with Gasteiger partial charge in [-0.15, -0.1) is 9.24 Å². The lowest BCUT2D eigenvalue weighted by molar-refractivity contribution is -0.179. The van der Waals surface area contributed by atoms with Crippen molar-refractivity contribution < 1.29 is 0 Å². The molecule has 0 N–H and O–H groups in total. The van der Waals surface area contributed by atoms with Crippen molar-refractivity contribution in [1.29, 1.82) is 0 Å². The first kappa shape index (κ1) is 12.5. The van der Waals surface area contributed by atoms with E-state index in [0.717, 1.165) is 28.6 Å². The fourth-order valence-electron chi connectivity index (χ4n) is 6.28. The topological polar surface area (TPSA) is 0 Å². The van der Waals surface area contributed by atoms with Gasteiger partial charge < -0.3 is 0 Å². The summed E-state index contributed by atoms with van der Waals surface area (Å²) in [6.07, 6.45) is 13.5. The van der Waals surface area contributed by atoms with Crippen LogP contribution in [0.25, 0.3) is 0 Å². The largest absolute Gasteiger partial charge is 0.137 e. The van der Waals surface area contributed by atoms with Crippen molar-refractivity contribution in [1.82, 2.24) is 0 Å². The summed E-state index contributed by atoms with van der Waals surface area (Å²) >= 11 is 0. The van der Waals surface area contributed by atoms with Crippen LogP contribution >= 0.6 is 9.24 Å². The maximum atomic E-state index is 3.04. The van der Waals surface area contributed by atoms with Crippen LogP contribution in [0.4, 0.5) is 0 Å². The summed E-state index contributed by atoms with van der Waals surface area (Å²) in [5, 5.41) is 0. The quantitative estimate of drug-likeness (QED) is 0.625. The summed E-state index contributed by atoms with van der Waals surface area (Å²) in [5.74, 6) is 3.26. The van der Waals surface area contributed by atoms with E-state index in [1.807, 2.05) is 0 Å². The molecule has 0 bridgehead atoms. The molecule has 3 fully saturated rings. The van der Waals surface area contributed by atoms with Crippen molar-refractivity contribution in [3.63, 3.8) is 0 Å². The lowest BCUT2D eigenvalue weighted by atomic mass is 9.39. The van der Waals surface area contributed by atoms with Gasteiger partial charge in [-0.05, 0) is 66.8 Å². The molecule has 3 aliphatic carbocycles. The summed E-state index contributed by atoms with van der Waals surface area (Å²) in [7, 11) is 3.04. The first-order valence-corrected chi connectivity index (χ1v) is 8.71. The highest BCUT2D eigenvalue weighted by atomic mass is 31.0. The molecule has 0 aromatic heterocycles. The molecule has 6 unspecified atom stereocenters. The van der Waals surface area contributed by atoms with Gasteiger partial charge in [-0.25, -0.2) is 0 Å².